The molecule has 0 saturated carbocycles. The van der Waals surface area contributed by atoms with Gasteiger partial charge in [0.1, 0.15) is 11.4 Å². The highest BCUT2D eigenvalue weighted by Crippen LogP contribution is 2.26. The second-order valence-corrected chi connectivity index (χ2v) is 8.46. The van der Waals surface area contributed by atoms with Crippen LogP contribution >= 0.6 is 27.7 Å². The molecule has 6 nitrogen and oxygen atoms in total. The van der Waals surface area contributed by atoms with Crippen LogP contribution in [0.5, 0.6) is 0 Å². The molecule has 2 aromatic heterocycles. The van der Waals surface area contributed by atoms with Crippen molar-refractivity contribution in [2.24, 2.45) is 0 Å². The summed E-state index contributed by atoms with van der Waals surface area (Å²) in [7, 11) is 0. The van der Waals surface area contributed by atoms with Gasteiger partial charge in [-0.15, -0.1) is 0 Å². The number of benzene rings is 2. The van der Waals surface area contributed by atoms with Crippen LogP contribution in [-0.4, -0.2) is 31.4 Å². The standard InChI is InChI=1S/C21H18BrN5OS/c1-13-3-6-16(9-14(13)2)26-19(28)11-29-21-18-10-25-27(20(18)23-12-24-21)17-7-4-15(22)5-8-17/h3-10,12H,11H2,1-2H3,(H,26,28). The molecule has 0 unspecified atom stereocenters. The first-order chi connectivity index (χ1) is 14.0. The van der Waals surface area contributed by atoms with Crippen molar-refractivity contribution in [1.82, 2.24) is 19.7 Å². The number of amides is 1. The highest BCUT2D eigenvalue weighted by Gasteiger charge is 2.13. The number of aromatic nitrogens is 4. The number of hydrogen-bond acceptors (Lipinski definition) is 5. The quantitative estimate of drug-likeness (QED) is 0.332. The zero-order valence-corrected chi connectivity index (χ0v) is 18.3. The molecule has 8 heteroatoms. The second kappa shape index (κ2) is 8.34. The summed E-state index contributed by atoms with van der Waals surface area (Å²) in [4.78, 5) is 21.1. The summed E-state index contributed by atoms with van der Waals surface area (Å²) in [6.07, 6.45) is 3.24. The van der Waals surface area contributed by atoms with Gasteiger partial charge >= 0.3 is 0 Å². The molecule has 0 bridgehead atoms. The molecule has 0 fully saturated rings. The van der Waals surface area contributed by atoms with Crippen LogP contribution in [0.4, 0.5) is 5.69 Å². The number of nitrogens with zero attached hydrogens (tertiary/aromatic N) is 4. The monoisotopic (exact) mass is 467 g/mol. The molecular formula is C21H18BrN5OS. The van der Waals surface area contributed by atoms with Crippen LogP contribution in [0.25, 0.3) is 16.7 Å². The van der Waals surface area contributed by atoms with Crippen molar-refractivity contribution in [3.63, 3.8) is 0 Å². The van der Waals surface area contributed by atoms with Crippen molar-refractivity contribution in [2.75, 3.05) is 11.1 Å². The van der Waals surface area contributed by atoms with E-state index in [1.54, 1.807) is 10.9 Å². The van der Waals surface area contributed by atoms with Crippen LogP contribution in [0.1, 0.15) is 11.1 Å². The van der Waals surface area contributed by atoms with Crippen LogP contribution in [0.15, 0.2) is 64.5 Å². The van der Waals surface area contributed by atoms with Gasteiger partial charge in [0.25, 0.3) is 0 Å². The van der Waals surface area contributed by atoms with E-state index in [4.69, 9.17) is 0 Å². The van der Waals surface area contributed by atoms with Crippen LogP contribution in [-0.2, 0) is 4.79 Å². The van der Waals surface area contributed by atoms with E-state index >= 15 is 0 Å². The van der Waals surface area contributed by atoms with Crippen LogP contribution in [0.2, 0.25) is 0 Å². The molecular weight excluding hydrogens is 450 g/mol. The summed E-state index contributed by atoms with van der Waals surface area (Å²) < 4.78 is 2.77. The number of halogens is 1. The first kappa shape index (κ1) is 19.6. The molecule has 1 amide bonds. The fourth-order valence-corrected chi connectivity index (χ4v) is 3.88. The second-order valence-electron chi connectivity index (χ2n) is 6.58. The molecule has 2 aromatic carbocycles. The van der Waals surface area contributed by atoms with Gasteiger partial charge in [-0.1, -0.05) is 33.8 Å². The minimum absolute atomic E-state index is 0.0784. The van der Waals surface area contributed by atoms with E-state index in [1.165, 1.54) is 23.7 Å². The van der Waals surface area contributed by atoms with Gasteiger partial charge in [0.2, 0.25) is 5.91 Å². The summed E-state index contributed by atoms with van der Waals surface area (Å²) in [5.41, 5.74) is 4.76. The number of carbonyl (C=O) groups is 1. The van der Waals surface area contributed by atoms with Crippen LogP contribution in [0.3, 0.4) is 0 Å². The van der Waals surface area contributed by atoms with Gasteiger partial charge in [-0.25, -0.2) is 14.6 Å². The summed E-state index contributed by atoms with van der Waals surface area (Å²) >= 11 is 4.81. The Labute approximate surface area is 180 Å². The van der Waals surface area contributed by atoms with E-state index < -0.39 is 0 Å². The maximum atomic E-state index is 12.4. The Kier molecular flexibility index (Phi) is 5.64. The first-order valence-electron chi connectivity index (χ1n) is 8.96. The normalized spacial score (nSPS) is 11.0. The van der Waals surface area contributed by atoms with Gasteiger partial charge in [-0.2, -0.15) is 5.10 Å². The van der Waals surface area contributed by atoms with Gasteiger partial charge < -0.3 is 5.32 Å². The minimum Gasteiger partial charge on any atom is -0.325 e. The average Bonchev–Trinajstić information content (AvgIpc) is 3.14. The van der Waals surface area contributed by atoms with E-state index in [0.717, 1.165) is 31.8 Å². The van der Waals surface area contributed by atoms with Gasteiger partial charge in [-0.05, 0) is 61.4 Å². The minimum atomic E-state index is -0.0784. The number of nitrogens with one attached hydrogen (secondary N) is 1. The van der Waals surface area contributed by atoms with Gasteiger partial charge in [0.15, 0.2) is 5.65 Å². The Hall–Kier alpha value is -2.71. The molecule has 0 atom stereocenters. The SMILES string of the molecule is Cc1ccc(NC(=O)CSc2ncnc3c2cnn3-c2ccc(Br)cc2)cc1C. The van der Waals surface area contributed by atoms with Crippen molar-refractivity contribution in [1.29, 1.82) is 0 Å². The van der Waals surface area contributed by atoms with Gasteiger partial charge in [-0.3, -0.25) is 4.79 Å². The Morgan fingerprint density at radius 3 is 2.66 bits per heavy atom. The molecule has 29 heavy (non-hydrogen) atoms. The van der Waals surface area contributed by atoms with Gasteiger partial charge in [0, 0.05) is 10.2 Å². The number of fused-ring (bicyclic) bond motifs is 1. The van der Waals surface area contributed by atoms with Crippen LogP contribution in [0, 0.1) is 13.8 Å². The molecule has 0 spiro atoms. The maximum absolute atomic E-state index is 12.4. The zero-order chi connectivity index (χ0) is 20.4. The van der Waals surface area contributed by atoms with Crippen molar-refractivity contribution < 1.29 is 4.79 Å². The van der Waals surface area contributed by atoms with Crippen molar-refractivity contribution in [2.45, 2.75) is 18.9 Å². The number of aryl methyl sites for hydroxylation is 2. The van der Waals surface area contributed by atoms with Crippen molar-refractivity contribution >= 4 is 50.3 Å². The smallest absolute Gasteiger partial charge is 0.234 e. The average molecular weight is 468 g/mol. The predicted octanol–water partition coefficient (Wildman–Crippen LogP) is 4.93. The molecule has 4 aromatic rings. The number of hydrogen-bond donors (Lipinski definition) is 1. The third-order valence-electron chi connectivity index (χ3n) is 4.53. The third-order valence-corrected chi connectivity index (χ3v) is 6.07. The van der Waals surface area contributed by atoms with E-state index in [1.807, 2.05) is 56.3 Å². The van der Waals surface area contributed by atoms with Crippen molar-refractivity contribution in [3.8, 4) is 5.69 Å². The topological polar surface area (TPSA) is 72.7 Å². The lowest BCUT2D eigenvalue weighted by molar-refractivity contribution is -0.113. The lowest BCUT2D eigenvalue weighted by Crippen LogP contribution is -2.14. The highest BCUT2D eigenvalue weighted by molar-refractivity contribution is 9.10. The van der Waals surface area contributed by atoms with E-state index in [2.05, 4.69) is 36.3 Å². The highest BCUT2D eigenvalue weighted by atomic mass is 79.9. The molecule has 0 saturated heterocycles. The van der Waals surface area contributed by atoms with E-state index in [0.29, 0.717) is 5.65 Å². The van der Waals surface area contributed by atoms with Crippen LogP contribution < -0.4 is 5.32 Å². The summed E-state index contributed by atoms with van der Waals surface area (Å²) in [6, 6.07) is 13.7. The zero-order valence-electron chi connectivity index (χ0n) is 15.9. The predicted molar refractivity (Wildman–Crippen MR) is 120 cm³/mol. The Balaban J connectivity index is 1.50. The maximum Gasteiger partial charge on any atom is 0.234 e. The Bertz CT molecular complexity index is 1190. The summed E-state index contributed by atoms with van der Waals surface area (Å²) in [5.74, 6) is 0.174. The number of carbonyl (C=O) groups excluding carboxylic acids is 1. The summed E-state index contributed by atoms with van der Waals surface area (Å²) in [5, 5.41) is 8.94. The molecule has 0 aliphatic rings. The number of thioether (sulfide) groups is 1. The van der Waals surface area contributed by atoms with Gasteiger partial charge in [0.05, 0.1) is 23.0 Å². The molecule has 0 radical (unpaired) electrons. The van der Waals surface area contributed by atoms with E-state index in [9.17, 15) is 4.79 Å². The summed E-state index contributed by atoms with van der Waals surface area (Å²) in [6.45, 7) is 4.08. The first-order valence-corrected chi connectivity index (χ1v) is 10.7. The molecule has 146 valence electrons. The number of rotatable bonds is 5. The Morgan fingerprint density at radius 2 is 1.90 bits per heavy atom. The molecule has 2 heterocycles. The van der Waals surface area contributed by atoms with Crippen molar-refractivity contribution in [3.05, 3.63) is 70.6 Å². The molecule has 0 aliphatic heterocycles. The fourth-order valence-electron chi connectivity index (χ4n) is 2.86. The molecule has 1 N–H and O–H groups in total. The molecule has 0 aliphatic carbocycles. The third kappa shape index (κ3) is 4.33. The Morgan fingerprint density at radius 1 is 1.10 bits per heavy atom. The van der Waals surface area contributed by atoms with E-state index in [-0.39, 0.29) is 11.7 Å². The lowest BCUT2D eigenvalue weighted by Gasteiger charge is -2.08. The largest absolute Gasteiger partial charge is 0.325 e. The molecule has 4 rings (SSSR count). The number of anilines is 1. The fraction of sp³-hybridized carbons (Fsp3) is 0.143. The lowest BCUT2D eigenvalue weighted by atomic mass is 10.1.